The number of nitrogens with zero attached hydrogens (tertiary/aromatic N) is 1. The molecule has 1 aliphatic rings. The van der Waals surface area contributed by atoms with Crippen molar-refractivity contribution >= 4 is 43.5 Å². The summed E-state index contributed by atoms with van der Waals surface area (Å²) in [5, 5.41) is 4.21. The van der Waals surface area contributed by atoms with Crippen LogP contribution < -0.4 is 10.2 Å². The fourth-order valence-corrected chi connectivity index (χ4v) is 3.58. The first-order chi connectivity index (χ1) is 10.8. The number of rotatable bonds is 7. The van der Waals surface area contributed by atoms with Gasteiger partial charge in [-0.25, -0.2) is 5.43 Å². The second kappa shape index (κ2) is 7.34. The zero-order valence-corrected chi connectivity index (χ0v) is 16.8. The molecule has 23 heavy (non-hydrogen) atoms. The van der Waals surface area contributed by atoms with Crippen LogP contribution in [0.3, 0.4) is 0 Å². The zero-order valence-electron chi connectivity index (χ0n) is 13.7. The summed E-state index contributed by atoms with van der Waals surface area (Å²) in [6, 6.07) is 7.75. The van der Waals surface area contributed by atoms with Gasteiger partial charge in [0, 0.05) is 0 Å². The van der Waals surface area contributed by atoms with Crippen molar-refractivity contribution in [3.63, 3.8) is 0 Å². The number of carbonyl (C=O) groups excluding carboxylic acids is 1. The van der Waals surface area contributed by atoms with Crippen molar-refractivity contribution in [3.8, 4) is 5.75 Å². The van der Waals surface area contributed by atoms with Crippen LogP contribution in [-0.2, 0) is 4.79 Å². The lowest BCUT2D eigenvalue weighted by atomic mass is 10.1. The predicted octanol–water partition coefficient (Wildman–Crippen LogP) is 4.60. The van der Waals surface area contributed by atoms with Gasteiger partial charge in [-0.1, -0.05) is 45.2 Å². The summed E-state index contributed by atoms with van der Waals surface area (Å²) in [5.41, 5.74) is 3.91. The molecule has 6 heteroatoms. The first kappa shape index (κ1) is 18.5. The van der Waals surface area contributed by atoms with E-state index in [1.807, 2.05) is 38.1 Å². The Morgan fingerprint density at radius 1 is 1.35 bits per heavy atom. The molecule has 0 heterocycles. The molecule has 4 nitrogen and oxygen atoms in total. The van der Waals surface area contributed by atoms with E-state index >= 15 is 0 Å². The molecule has 0 bridgehead atoms. The van der Waals surface area contributed by atoms with Crippen LogP contribution in [0.25, 0.3) is 0 Å². The normalized spacial score (nSPS) is 22.6. The first-order valence-corrected chi connectivity index (χ1v) is 9.34. The Balaban J connectivity index is 1.92. The van der Waals surface area contributed by atoms with Crippen LogP contribution >= 0.6 is 31.9 Å². The summed E-state index contributed by atoms with van der Waals surface area (Å²) in [7, 11) is 0. The zero-order chi connectivity index (χ0) is 17.1. The van der Waals surface area contributed by atoms with E-state index in [1.165, 1.54) is 0 Å². The van der Waals surface area contributed by atoms with Crippen LogP contribution in [0.5, 0.6) is 5.75 Å². The Labute approximate surface area is 154 Å². The molecule has 1 saturated carbocycles. The van der Waals surface area contributed by atoms with Gasteiger partial charge in [0.05, 0.1) is 21.0 Å². The van der Waals surface area contributed by atoms with E-state index in [0.717, 1.165) is 42.9 Å². The Kier molecular flexibility index (Phi) is 5.89. The highest BCUT2D eigenvalue weighted by molar-refractivity contribution is 9.25. The molecule has 1 atom stereocenters. The Morgan fingerprint density at radius 3 is 2.48 bits per heavy atom. The van der Waals surface area contributed by atoms with Crippen LogP contribution in [0.15, 0.2) is 29.4 Å². The fourth-order valence-electron chi connectivity index (χ4n) is 2.10. The lowest BCUT2D eigenvalue weighted by molar-refractivity contribution is -0.125. The summed E-state index contributed by atoms with van der Waals surface area (Å²) in [6.45, 7) is 6.65. The second-order valence-corrected chi connectivity index (χ2v) is 9.85. The molecule has 0 saturated heterocycles. The minimum absolute atomic E-state index is 0.0925. The topological polar surface area (TPSA) is 50.7 Å². The SMILES string of the molecule is CCCCOc1ccc(/C(C)=N/NC(=O)C2(C)CC2(Br)Br)cc1. The van der Waals surface area contributed by atoms with Crippen LogP contribution in [-0.4, -0.2) is 21.5 Å². The van der Waals surface area contributed by atoms with Gasteiger partial charge < -0.3 is 4.74 Å². The number of halogens is 2. The standard InChI is InChI=1S/C17H22Br2N2O2/c1-4-5-10-23-14-8-6-13(7-9-14)12(2)20-21-15(22)16(3)11-17(16,18)19/h6-9H,4-5,10-11H2,1-3H3,(H,21,22)/b20-12+. The fraction of sp³-hybridized carbons (Fsp3) is 0.529. The van der Waals surface area contributed by atoms with Crippen molar-refractivity contribution in [3.05, 3.63) is 29.8 Å². The molecule has 126 valence electrons. The number of hydrogen-bond donors (Lipinski definition) is 1. The van der Waals surface area contributed by atoms with Crippen LogP contribution in [0.4, 0.5) is 0 Å². The number of benzene rings is 1. The van der Waals surface area contributed by atoms with Crippen molar-refractivity contribution < 1.29 is 9.53 Å². The maximum absolute atomic E-state index is 12.2. The molecule has 0 spiro atoms. The van der Waals surface area contributed by atoms with Gasteiger partial charge in [-0.05, 0) is 56.5 Å². The Bertz CT molecular complexity index is 599. The molecule has 1 N–H and O–H groups in total. The number of amides is 1. The molecule has 1 aromatic rings. The monoisotopic (exact) mass is 444 g/mol. The van der Waals surface area contributed by atoms with E-state index in [2.05, 4.69) is 49.3 Å². The summed E-state index contributed by atoms with van der Waals surface area (Å²) < 4.78 is 5.33. The number of carbonyl (C=O) groups is 1. The largest absolute Gasteiger partial charge is 0.494 e. The number of ether oxygens (including phenoxy) is 1. The molecule has 0 radical (unpaired) electrons. The van der Waals surface area contributed by atoms with Gasteiger partial charge >= 0.3 is 0 Å². The van der Waals surface area contributed by atoms with Gasteiger partial charge in [-0.2, -0.15) is 5.10 Å². The lowest BCUT2D eigenvalue weighted by Gasteiger charge is -2.11. The first-order valence-electron chi connectivity index (χ1n) is 7.76. The third kappa shape index (κ3) is 4.35. The number of unbranched alkanes of at least 4 members (excludes halogenated alkanes) is 1. The van der Waals surface area contributed by atoms with Crippen LogP contribution in [0, 0.1) is 5.41 Å². The predicted molar refractivity (Wildman–Crippen MR) is 101 cm³/mol. The lowest BCUT2D eigenvalue weighted by Crippen LogP contribution is -2.30. The highest BCUT2D eigenvalue weighted by atomic mass is 79.9. The molecule has 2 rings (SSSR count). The molecule has 1 unspecified atom stereocenters. The molecule has 1 fully saturated rings. The van der Waals surface area contributed by atoms with Crippen molar-refractivity contribution in [1.29, 1.82) is 0 Å². The van der Waals surface area contributed by atoms with Crippen molar-refractivity contribution in [2.24, 2.45) is 10.5 Å². The average molecular weight is 446 g/mol. The number of hydrazone groups is 1. The number of alkyl halides is 2. The maximum atomic E-state index is 12.2. The highest BCUT2D eigenvalue weighted by Gasteiger charge is 2.66. The smallest absolute Gasteiger partial charge is 0.248 e. The summed E-state index contributed by atoms with van der Waals surface area (Å²) in [5.74, 6) is 0.762. The minimum atomic E-state index is -0.465. The second-order valence-electron chi connectivity index (χ2n) is 6.08. The maximum Gasteiger partial charge on any atom is 0.248 e. The van der Waals surface area contributed by atoms with E-state index < -0.39 is 5.41 Å². The Morgan fingerprint density at radius 2 is 1.96 bits per heavy atom. The molecule has 1 aliphatic carbocycles. The van der Waals surface area contributed by atoms with E-state index in [0.29, 0.717) is 0 Å². The van der Waals surface area contributed by atoms with Crippen molar-refractivity contribution in [2.75, 3.05) is 6.61 Å². The molecule has 1 aromatic carbocycles. The van der Waals surface area contributed by atoms with Crippen molar-refractivity contribution in [1.82, 2.24) is 5.43 Å². The van der Waals surface area contributed by atoms with Gasteiger partial charge in [0.15, 0.2) is 0 Å². The highest BCUT2D eigenvalue weighted by Crippen LogP contribution is 2.66. The van der Waals surface area contributed by atoms with Gasteiger partial charge in [-0.3, -0.25) is 4.79 Å². The molecule has 0 aliphatic heterocycles. The summed E-state index contributed by atoms with van der Waals surface area (Å²) in [6.07, 6.45) is 2.91. The quantitative estimate of drug-likeness (QED) is 0.288. The average Bonchev–Trinajstić information content (AvgIpc) is 3.05. The van der Waals surface area contributed by atoms with E-state index in [-0.39, 0.29) is 9.14 Å². The van der Waals surface area contributed by atoms with Crippen molar-refractivity contribution in [2.45, 2.75) is 43.3 Å². The molecule has 0 aromatic heterocycles. The van der Waals surface area contributed by atoms with Gasteiger partial charge in [-0.15, -0.1) is 0 Å². The van der Waals surface area contributed by atoms with E-state index in [1.54, 1.807) is 0 Å². The van der Waals surface area contributed by atoms with Crippen LogP contribution in [0.1, 0.15) is 45.6 Å². The van der Waals surface area contributed by atoms with E-state index in [4.69, 9.17) is 4.74 Å². The third-order valence-electron chi connectivity index (χ3n) is 4.12. The Hall–Kier alpha value is -0.880. The summed E-state index contributed by atoms with van der Waals surface area (Å²) >= 11 is 6.98. The van der Waals surface area contributed by atoms with Gasteiger partial charge in [0.25, 0.3) is 0 Å². The number of hydrogen-bond acceptors (Lipinski definition) is 3. The molecule has 1 amide bonds. The van der Waals surface area contributed by atoms with E-state index in [9.17, 15) is 4.79 Å². The third-order valence-corrected chi connectivity index (χ3v) is 6.43. The molecular formula is C17H22Br2N2O2. The number of nitrogens with one attached hydrogen (secondary N) is 1. The summed E-state index contributed by atoms with van der Waals surface area (Å²) in [4.78, 5) is 12.2. The minimum Gasteiger partial charge on any atom is -0.494 e. The van der Waals surface area contributed by atoms with Crippen LogP contribution in [0.2, 0.25) is 0 Å². The van der Waals surface area contributed by atoms with Gasteiger partial charge in [0.2, 0.25) is 5.91 Å². The van der Waals surface area contributed by atoms with Gasteiger partial charge in [0.1, 0.15) is 5.75 Å². The molecular weight excluding hydrogens is 424 g/mol.